The molecule has 0 aliphatic rings. The fraction of sp³-hybridized carbons (Fsp3) is 0.800. The number of carboxylic acid groups (broad SMARTS) is 2. The van der Waals surface area contributed by atoms with Crippen LogP contribution < -0.4 is 0 Å². The molecule has 0 aromatic heterocycles. The minimum Gasteiger partial charge on any atom is -0.481 e. The summed E-state index contributed by atoms with van der Waals surface area (Å²) in [5.74, 6) is -1.88. The monoisotopic (exact) mass is 266 g/mol. The molecule has 0 saturated carbocycles. The zero-order valence-corrected chi connectivity index (χ0v) is 10.8. The lowest BCUT2D eigenvalue weighted by Gasteiger charge is -2.11. The first-order valence-electron chi connectivity index (χ1n) is 5.20. The summed E-state index contributed by atoms with van der Waals surface area (Å²) < 4.78 is 0. The van der Waals surface area contributed by atoms with Gasteiger partial charge in [0.2, 0.25) is 0 Å². The van der Waals surface area contributed by atoms with E-state index in [-0.39, 0.29) is 0 Å². The lowest BCUT2D eigenvalue weighted by atomic mass is 9.99. The molecule has 0 aromatic carbocycles. The van der Waals surface area contributed by atoms with Gasteiger partial charge in [0.05, 0.1) is 11.8 Å². The van der Waals surface area contributed by atoms with Gasteiger partial charge in [0.15, 0.2) is 0 Å². The molecule has 0 spiro atoms. The van der Waals surface area contributed by atoms with E-state index in [2.05, 4.69) is 25.3 Å². The molecule has 94 valence electrons. The highest BCUT2D eigenvalue weighted by molar-refractivity contribution is 7.80. The highest BCUT2D eigenvalue weighted by Crippen LogP contribution is 2.16. The molecule has 0 aromatic rings. The summed E-state index contributed by atoms with van der Waals surface area (Å²) in [5.41, 5.74) is 0. The van der Waals surface area contributed by atoms with Crippen LogP contribution in [0.15, 0.2) is 0 Å². The van der Waals surface area contributed by atoms with Crippen molar-refractivity contribution in [2.24, 2.45) is 11.8 Å². The smallest absolute Gasteiger partial charge is 0.307 e. The summed E-state index contributed by atoms with van der Waals surface area (Å²) in [6, 6.07) is 0. The highest BCUT2D eigenvalue weighted by Gasteiger charge is 2.17. The van der Waals surface area contributed by atoms with Gasteiger partial charge in [-0.2, -0.15) is 25.3 Å². The first-order chi connectivity index (χ1) is 7.52. The number of hydrogen-bond donors (Lipinski definition) is 4. The molecule has 0 radical (unpaired) electrons. The van der Waals surface area contributed by atoms with Crippen LogP contribution in [0.5, 0.6) is 0 Å². The van der Waals surface area contributed by atoms with Crippen molar-refractivity contribution < 1.29 is 19.8 Å². The summed E-state index contributed by atoms with van der Waals surface area (Å²) in [6.45, 7) is 0. The fourth-order valence-corrected chi connectivity index (χ4v) is 2.04. The lowest BCUT2D eigenvalue weighted by molar-refractivity contribution is -0.142. The van der Waals surface area contributed by atoms with Crippen molar-refractivity contribution in [2.75, 3.05) is 11.5 Å². The Hall–Kier alpha value is -0.360. The Morgan fingerprint density at radius 2 is 1.19 bits per heavy atom. The normalized spacial score (nSPS) is 14.4. The molecule has 0 aliphatic carbocycles. The maximum absolute atomic E-state index is 10.7. The van der Waals surface area contributed by atoms with Crippen molar-refractivity contribution >= 4 is 37.2 Å². The van der Waals surface area contributed by atoms with Gasteiger partial charge in [-0.15, -0.1) is 0 Å². The summed E-state index contributed by atoms with van der Waals surface area (Å²) >= 11 is 7.92. The van der Waals surface area contributed by atoms with Gasteiger partial charge >= 0.3 is 11.9 Å². The molecule has 2 atom stereocenters. The number of aliphatic carboxylic acids is 2. The lowest BCUT2D eigenvalue weighted by Crippen LogP contribution is -2.17. The van der Waals surface area contributed by atoms with E-state index in [9.17, 15) is 9.59 Å². The Balaban J connectivity index is 3.73. The summed E-state index contributed by atoms with van der Waals surface area (Å²) in [4.78, 5) is 21.3. The fourth-order valence-electron chi connectivity index (χ4n) is 1.37. The molecule has 0 amide bonds. The molecule has 0 fully saturated rings. The van der Waals surface area contributed by atoms with E-state index in [1.54, 1.807) is 0 Å². The summed E-state index contributed by atoms with van der Waals surface area (Å²) in [7, 11) is 0. The number of unbranched alkanes of at least 4 members (excludes halogenated alkanes) is 1. The standard InChI is InChI=1S/C10H18O4S2/c11-9(12)7(5-15)3-1-2-4-8(6-16)10(13)14/h7-8,15-16H,1-6H2,(H,11,12)(H,13,14). The largest absolute Gasteiger partial charge is 0.481 e. The quantitative estimate of drug-likeness (QED) is 0.379. The minimum absolute atomic E-state index is 0.324. The van der Waals surface area contributed by atoms with E-state index in [1.165, 1.54) is 0 Å². The van der Waals surface area contributed by atoms with E-state index >= 15 is 0 Å². The zero-order valence-electron chi connectivity index (χ0n) is 9.00. The van der Waals surface area contributed by atoms with E-state index in [1.807, 2.05) is 0 Å². The Morgan fingerprint density at radius 3 is 1.38 bits per heavy atom. The Morgan fingerprint density at radius 1 is 0.875 bits per heavy atom. The highest BCUT2D eigenvalue weighted by atomic mass is 32.1. The third-order valence-electron chi connectivity index (χ3n) is 2.49. The summed E-state index contributed by atoms with van der Waals surface area (Å²) in [6.07, 6.45) is 2.54. The molecule has 6 heteroatoms. The number of carboxylic acids is 2. The van der Waals surface area contributed by atoms with E-state index in [0.29, 0.717) is 24.3 Å². The number of rotatable bonds is 9. The molecule has 0 aliphatic heterocycles. The van der Waals surface area contributed by atoms with Gasteiger partial charge in [0, 0.05) is 11.5 Å². The molecule has 16 heavy (non-hydrogen) atoms. The Bertz CT molecular complexity index is 209. The molecule has 2 N–H and O–H groups in total. The van der Waals surface area contributed by atoms with E-state index in [4.69, 9.17) is 10.2 Å². The second kappa shape index (κ2) is 8.75. The summed E-state index contributed by atoms with van der Waals surface area (Å²) in [5, 5.41) is 17.5. The first-order valence-corrected chi connectivity index (χ1v) is 6.46. The molecule has 0 saturated heterocycles. The van der Waals surface area contributed by atoms with Crippen molar-refractivity contribution in [2.45, 2.75) is 25.7 Å². The van der Waals surface area contributed by atoms with E-state index < -0.39 is 23.8 Å². The van der Waals surface area contributed by atoms with Crippen LogP contribution >= 0.6 is 25.3 Å². The maximum atomic E-state index is 10.7. The van der Waals surface area contributed by atoms with Gasteiger partial charge in [-0.3, -0.25) is 9.59 Å². The predicted octanol–water partition coefficient (Wildman–Crippen LogP) is 1.81. The Labute approximate surface area is 106 Å². The molecule has 0 bridgehead atoms. The minimum atomic E-state index is -0.834. The van der Waals surface area contributed by atoms with Gasteiger partial charge in [-0.1, -0.05) is 12.8 Å². The number of hydrogen-bond acceptors (Lipinski definition) is 4. The number of carbonyl (C=O) groups is 2. The van der Waals surface area contributed by atoms with Gasteiger partial charge < -0.3 is 10.2 Å². The van der Waals surface area contributed by atoms with Crippen molar-refractivity contribution in [1.82, 2.24) is 0 Å². The molecular weight excluding hydrogens is 248 g/mol. The molecule has 0 heterocycles. The average molecular weight is 266 g/mol. The van der Waals surface area contributed by atoms with Crippen LogP contribution in [0.25, 0.3) is 0 Å². The van der Waals surface area contributed by atoms with Crippen molar-refractivity contribution in [1.29, 1.82) is 0 Å². The van der Waals surface area contributed by atoms with Crippen LogP contribution in [-0.2, 0) is 9.59 Å². The molecule has 0 rings (SSSR count). The maximum Gasteiger partial charge on any atom is 0.307 e. The van der Waals surface area contributed by atoms with Gasteiger partial charge in [0.1, 0.15) is 0 Å². The third kappa shape index (κ3) is 6.27. The van der Waals surface area contributed by atoms with Gasteiger partial charge in [0.25, 0.3) is 0 Å². The molecule has 2 unspecified atom stereocenters. The van der Waals surface area contributed by atoms with Gasteiger partial charge in [-0.05, 0) is 12.8 Å². The topological polar surface area (TPSA) is 74.6 Å². The predicted molar refractivity (Wildman–Crippen MR) is 68.4 cm³/mol. The van der Waals surface area contributed by atoms with E-state index in [0.717, 1.165) is 12.8 Å². The molecular formula is C10H18O4S2. The Kier molecular flexibility index (Phi) is 8.56. The first kappa shape index (κ1) is 15.6. The van der Waals surface area contributed by atoms with Crippen molar-refractivity contribution in [3.63, 3.8) is 0 Å². The van der Waals surface area contributed by atoms with Crippen LogP contribution in [-0.4, -0.2) is 33.7 Å². The van der Waals surface area contributed by atoms with Crippen LogP contribution in [0.4, 0.5) is 0 Å². The third-order valence-corrected chi connectivity index (χ3v) is 3.38. The molecule has 4 nitrogen and oxygen atoms in total. The van der Waals surface area contributed by atoms with Crippen molar-refractivity contribution in [3.05, 3.63) is 0 Å². The van der Waals surface area contributed by atoms with Gasteiger partial charge in [-0.25, -0.2) is 0 Å². The van der Waals surface area contributed by atoms with Crippen LogP contribution in [0.3, 0.4) is 0 Å². The van der Waals surface area contributed by atoms with Crippen LogP contribution in [0.2, 0.25) is 0 Å². The van der Waals surface area contributed by atoms with Crippen molar-refractivity contribution in [3.8, 4) is 0 Å². The van der Waals surface area contributed by atoms with Crippen LogP contribution in [0.1, 0.15) is 25.7 Å². The zero-order chi connectivity index (χ0) is 12.6. The van der Waals surface area contributed by atoms with Crippen LogP contribution in [0, 0.1) is 11.8 Å². The second-order valence-electron chi connectivity index (χ2n) is 3.72. The SMILES string of the molecule is O=C(O)C(CS)CCCCC(CS)C(=O)O. The average Bonchev–Trinajstić information content (AvgIpc) is 2.22. The second-order valence-corrected chi connectivity index (χ2v) is 4.45. The number of thiol groups is 2.